The van der Waals surface area contributed by atoms with Crippen LogP contribution in [-0.2, 0) is 4.79 Å². The Kier molecular flexibility index (Phi) is 4.38. The first-order valence-electron chi connectivity index (χ1n) is 7.47. The van der Waals surface area contributed by atoms with E-state index in [9.17, 15) is 4.79 Å². The average Bonchev–Trinajstić information content (AvgIpc) is 2.77. The number of allylic oxidation sites excluding steroid dienone is 1. The Morgan fingerprint density at radius 2 is 1.96 bits per heavy atom. The third-order valence-electron chi connectivity index (χ3n) is 3.63. The highest BCUT2D eigenvalue weighted by Crippen LogP contribution is 2.32. The molecule has 0 fully saturated rings. The number of benzene rings is 2. The predicted molar refractivity (Wildman–Crippen MR) is 95.0 cm³/mol. The molecule has 2 aromatic rings. The zero-order valence-corrected chi connectivity index (χ0v) is 12.6. The summed E-state index contributed by atoms with van der Waals surface area (Å²) in [5, 5.41) is 17.1. The van der Waals surface area contributed by atoms with Crippen molar-refractivity contribution < 1.29 is 4.79 Å². The second-order valence-corrected chi connectivity index (χ2v) is 5.21. The summed E-state index contributed by atoms with van der Waals surface area (Å²) in [5.74, 6) is -0.00352. The van der Waals surface area contributed by atoms with Gasteiger partial charge in [0.25, 0.3) is 0 Å². The van der Waals surface area contributed by atoms with E-state index in [1.165, 1.54) is 6.21 Å². The van der Waals surface area contributed by atoms with E-state index in [1.807, 2.05) is 48.5 Å². The zero-order chi connectivity index (χ0) is 16.1. The topological polar surface area (TPSA) is 77.0 Å². The minimum atomic E-state index is -0.00352. The molecule has 0 unspecified atom stereocenters. The van der Waals surface area contributed by atoms with E-state index in [2.05, 4.69) is 16.0 Å². The fraction of sp³-hybridized carbons (Fsp3) is 0.111. The summed E-state index contributed by atoms with van der Waals surface area (Å²) in [5.41, 5.74) is 4.16. The van der Waals surface area contributed by atoms with Gasteiger partial charge in [0.2, 0.25) is 5.91 Å². The van der Waals surface area contributed by atoms with Gasteiger partial charge in [0.15, 0.2) is 0 Å². The molecule has 0 aliphatic carbocycles. The molecule has 5 heteroatoms. The molecule has 0 aromatic heterocycles. The van der Waals surface area contributed by atoms with Crippen LogP contribution >= 0.6 is 0 Å². The second kappa shape index (κ2) is 6.79. The molecule has 116 valence electrons. The maximum atomic E-state index is 11.7. The molecule has 1 aliphatic heterocycles. The SMILES string of the molecule is N=C/C(=C\Nc1ccccc1)c1cccc2c1NCCC(=O)N2. The Hall–Kier alpha value is -3.08. The van der Waals surface area contributed by atoms with Crippen LogP contribution in [0, 0.1) is 5.41 Å². The number of para-hydroxylation sites is 2. The van der Waals surface area contributed by atoms with Gasteiger partial charge in [-0.2, -0.15) is 0 Å². The maximum Gasteiger partial charge on any atom is 0.226 e. The first-order valence-corrected chi connectivity index (χ1v) is 7.47. The molecule has 1 aliphatic rings. The molecule has 0 atom stereocenters. The Bertz CT molecular complexity index is 753. The van der Waals surface area contributed by atoms with Crippen LogP contribution in [0.15, 0.2) is 54.7 Å². The minimum absolute atomic E-state index is 0.00352. The van der Waals surface area contributed by atoms with Crippen molar-refractivity contribution in [3.8, 4) is 0 Å². The molecule has 4 N–H and O–H groups in total. The van der Waals surface area contributed by atoms with Crippen LogP contribution < -0.4 is 16.0 Å². The summed E-state index contributed by atoms with van der Waals surface area (Å²) in [6.07, 6.45) is 3.53. The average molecular weight is 306 g/mol. The highest BCUT2D eigenvalue weighted by atomic mass is 16.1. The number of carbonyl (C=O) groups is 1. The van der Waals surface area contributed by atoms with Crippen molar-refractivity contribution in [2.75, 3.05) is 22.5 Å². The first kappa shape index (κ1) is 14.8. The molecule has 5 nitrogen and oxygen atoms in total. The molecule has 0 bridgehead atoms. The monoisotopic (exact) mass is 306 g/mol. The van der Waals surface area contributed by atoms with Gasteiger partial charge in [-0.25, -0.2) is 0 Å². The quantitative estimate of drug-likeness (QED) is 0.652. The molecule has 23 heavy (non-hydrogen) atoms. The summed E-state index contributed by atoms with van der Waals surface area (Å²) in [4.78, 5) is 11.7. The molecule has 1 heterocycles. The van der Waals surface area contributed by atoms with Gasteiger partial charge < -0.3 is 21.4 Å². The van der Waals surface area contributed by atoms with E-state index < -0.39 is 0 Å². The smallest absolute Gasteiger partial charge is 0.226 e. The lowest BCUT2D eigenvalue weighted by Gasteiger charge is -2.14. The van der Waals surface area contributed by atoms with E-state index in [-0.39, 0.29) is 5.91 Å². The second-order valence-electron chi connectivity index (χ2n) is 5.21. The minimum Gasteiger partial charge on any atom is -0.382 e. The van der Waals surface area contributed by atoms with Gasteiger partial charge in [0.05, 0.1) is 11.4 Å². The van der Waals surface area contributed by atoms with Crippen molar-refractivity contribution in [3.05, 3.63) is 60.3 Å². The number of amides is 1. The van der Waals surface area contributed by atoms with E-state index >= 15 is 0 Å². The standard InChI is InChI=1S/C18H18N4O/c19-11-13(12-21-14-5-2-1-3-6-14)15-7-4-8-16-18(15)20-10-9-17(23)22-16/h1-8,11-12,19-21H,9-10H2,(H,22,23)/b13-12+,19-11?. The van der Waals surface area contributed by atoms with Gasteiger partial charge >= 0.3 is 0 Å². The van der Waals surface area contributed by atoms with Gasteiger partial charge in [-0.15, -0.1) is 0 Å². The van der Waals surface area contributed by atoms with Gasteiger partial charge in [-0.3, -0.25) is 4.79 Å². The molecule has 3 rings (SSSR count). The summed E-state index contributed by atoms with van der Waals surface area (Å²) in [7, 11) is 0. The van der Waals surface area contributed by atoms with Crippen molar-refractivity contribution in [1.29, 1.82) is 5.41 Å². The normalized spacial score (nSPS) is 14.1. The van der Waals surface area contributed by atoms with E-state index in [4.69, 9.17) is 5.41 Å². The lowest BCUT2D eigenvalue weighted by molar-refractivity contribution is -0.115. The van der Waals surface area contributed by atoms with Crippen molar-refractivity contribution in [1.82, 2.24) is 0 Å². The van der Waals surface area contributed by atoms with Gasteiger partial charge in [-0.1, -0.05) is 30.3 Å². The van der Waals surface area contributed by atoms with Crippen LogP contribution in [-0.4, -0.2) is 18.7 Å². The third kappa shape index (κ3) is 3.40. The zero-order valence-electron chi connectivity index (χ0n) is 12.6. The third-order valence-corrected chi connectivity index (χ3v) is 3.63. The van der Waals surface area contributed by atoms with Crippen molar-refractivity contribution in [2.24, 2.45) is 0 Å². The Morgan fingerprint density at radius 3 is 2.74 bits per heavy atom. The van der Waals surface area contributed by atoms with Crippen LogP contribution in [0.3, 0.4) is 0 Å². The van der Waals surface area contributed by atoms with Gasteiger partial charge in [0, 0.05) is 42.2 Å². The number of hydrogen-bond acceptors (Lipinski definition) is 4. The largest absolute Gasteiger partial charge is 0.382 e. The highest BCUT2D eigenvalue weighted by molar-refractivity contribution is 6.13. The molecule has 0 spiro atoms. The molecule has 0 saturated heterocycles. The maximum absolute atomic E-state index is 11.7. The number of hydrogen-bond donors (Lipinski definition) is 4. The van der Waals surface area contributed by atoms with Gasteiger partial charge in [0.1, 0.15) is 0 Å². The molecular weight excluding hydrogens is 288 g/mol. The molecule has 1 amide bonds. The first-order chi connectivity index (χ1) is 11.3. The van der Waals surface area contributed by atoms with E-state index in [1.54, 1.807) is 6.20 Å². The predicted octanol–water partition coefficient (Wildman–Crippen LogP) is 3.54. The lowest BCUT2D eigenvalue weighted by atomic mass is 10.0. The fourth-order valence-corrected chi connectivity index (χ4v) is 2.49. The van der Waals surface area contributed by atoms with Crippen molar-refractivity contribution >= 4 is 34.8 Å². The summed E-state index contributed by atoms with van der Waals surface area (Å²) >= 11 is 0. The number of fused-ring (bicyclic) bond motifs is 1. The lowest BCUT2D eigenvalue weighted by Crippen LogP contribution is -2.10. The number of anilines is 3. The molecule has 0 saturated carbocycles. The van der Waals surface area contributed by atoms with E-state index in [0.29, 0.717) is 13.0 Å². The van der Waals surface area contributed by atoms with Crippen LogP contribution in [0.1, 0.15) is 12.0 Å². The number of rotatable bonds is 4. The Labute approximate surface area is 134 Å². The van der Waals surface area contributed by atoms with E-state index in [0.717, 1.165) is 28.2 Å². The Balaban J connectivity index is 1.94. The Morgan fingerprint density at radius 1 is 1.13 bits per heavy atom. The van der Waals surface area contributed by atoms with Gasteiger partial charge in [-0.05, 0) is 18.2 Å². The van der Waals surface area contributed by atoms with Crippen LogP contribution in [0.2, 0.25) is 0 Å². The van der Waals surface area contributed by atoms with Crippen LogP contribution in [0.4, 0.5) is 17.1 Å². The fourth-order valence-electron chi connectivity index (χ4n) is 2.49. The van der Waals surface area contributed by atoms with Crippen LogP contribution in [0.5, 0.6) is 0 Å². The molecular formula is C18H18N4O. The molecule has 2 aromatic carbocycles. The van der Waals surface area contributed by atoms with Crippen molar-refractivity contribution in [3.63, 3.8) is 0 Å². The summed E-state index contributed by atoms with van der Waals surface area (Å²) in [6.45, 7) is 0.577. The molecule has 0 radical (unpaired) electrons. The van der Waals surface area contributed by atoms with Crippen molar-refractivity contribution in [2.45, 2.75) is 6.42 Å². The highest BCUT2D eigenvalue weighted by Gasteiger charge is 2.16. The summed E-state index contributed by atoms with van der Waals surface area (Å²) < 4.78 is 0. The van der Waals surface area contributed by atoms with Crippen LogP contribution in [0.25, 0.3) is 5.57 Å². The summed E-state index contributed by atoms with van der Waals surface area (Å²) in [6, 6.07) is 15.5. The number of nitrogens with one attached hydrogen (secondary N) is 4. The number of carbonyl (C=O) groups excluding carboxylic acids is 1.